The number of ether oxygens (including phenoxy) is 2. The molecule has 10 heteroatoms. The molecular weight excluding hydrogens is 516 g/mol. The second kappa shape index (κ2) is 10.9. The number of methoxy groups -OCH3 is 1. The minimum Gasteiger partial charge on any atom is -0.465 e. The molecular formula is C26H24N2O5S3. The van der Waals surface area contributed by atoms with Crippen LogP contribution in [0.1, 0.15) is 56.1 Å². The summed E-state index contributed by atoms with van der Waals surface area (Å²) in [5, 5.41) is 12.4. The second-order valence-electron chi connectivity index (χ2n) is 8.06. The summed E-state index contributed by atoms with van der Waals surface area (Å²) in [6.45, 7) is 5.38. The van der Waals surface area contributed by atoms with Crippen molar-refractivity contribution in [2.45, 2.75) is 43.1 Å². The summed E-state index contributed by atoms with van der Waals surface area (Å²) >= 11 is 3.72. The summed E-state index contributed by atoms with van der Waals surface area (Å²) in [6, 6.07) is 10.2. The maximum atomic E-state index is 13.2. The van der Waals surface area contributed by atoms with E-state index in [0.717, 1.165) is 33.8 Å². The molecule has 0 spiro atoms. The lowest BCUT2D eigenvalue weighted by molar-refractivity contribution is -0.115. The van der Waals surface area contributed by atoms with Gasteiger partial charge in [-0.1, -0.05) is 24.3 Å². The van der Waals surface area contributed by atoms with Crippen LogP contribution in [0.5, 0.6) is 0 Å². The third-order valence-electron chi connectivity index (χ3n) is 5.88. The van der Waals surface area contributed by atoms with Crippen LogP contribution in [-0.2, 0) is 27.1 Å². The molecule has 1 atom stereocenters. The molecule has 2 aromatic heterocycles. The van der Waals surface area contributed by atoms with Crippen molar-refractivity contribution in [3.63, 3.8) is 0 Å². The first-order chi connectivity index (χ1) is 17.3. The smallest absolute Gasteiger partial charge is 0.348 e. The first-order valence-corrected chi connectivity index (χ1v) is 13.8. The van der Waals surface area contributed by atoms with Crippen LogP contribution in [0, 0.1) is 18.3 Å². The average Bonchev–Trinajstić information content (AvgIpc) is 3.40. The third-order valence-corrected chi connectivity index (χ3v) is 9.65. The molecule has 0 saturated heterocycles. The summed E-state index contributed by atoms with van der Waals surface area (Å²) in [4.78, 5) is 39.5. The molecule has 186 valence electrons. The molecule has 0 radical (unpaired) electrons. The molecule has 1 amide bonds. The fraction of sp³-hybridized carbons (Fsp3) is 0.308. The number of nitriles is 1. The highest BCUT2D eigenvalue weighted by molar-refractivity contribution is 8.02. The largest absolute Gasteiger partial charge is 0.465 e. The summed E-state index contributed by atoms with van der Waals surface area (Å²) in [6.07, 6.45) is 1.49. The van der Waals surface area contributed by atoms with E-state index < -0.39 is 17.2 Å². The van der Waals surface area contributed by atoms with Crippen molar-refractivity contribution in [2.75, 3.05) is 19.0 Å². The zero-order chi connectivity index (χ0) is 26.0. The van der Waals surface area contributed by atoms with Gasteiger partial charge >= 0.3 is 11.9 Å². The molecule has 1 N–H and O–H groups in total. The number of esters is 2. The standard InChI is InChI=1S/C26H24N2O5S3/c1-5-33-25(31)20-13(2)18(12-27)26(36-20)34-14(3)22(29)28-23-19(24(30)32-4)17-11-10-15-8-6-7-9-16(15)21(17)35-23/h6-9,14H,5,10-11H2,1-4H3,(H,28,29). The molecule has 0 fully saturated rings. The molecule has 0 bridgehead atoms. The number of thiophene rings is 2. The van der Waals surface area contributed by atoms with Gasteiger partial charge in [-0.25, -0.2) is 9.59 Å². The Morgan fingerprint density at radius 3 is 2.64 bits per heavy atom. The number of anilines is 1. The second-order valence-corrected chi connectivity index (χ2v) is 11.7. The number of fused-ring (bicyclic) bond motifs is 3. The first kappa shape index (κ1) is 25.9. The normalized spacial score (nSPS) is 12.6. The van der Waals surface area contributed by atoms with E-state index in [0.29, 0.717) is 37.2 Å². The number of hydrogen-bond acceptors (Lipinski definition) is 9. The Bertz CT molecular complexity index is 1400. The minimum atomic E-state index is -0.595. The van der Waals surface area contributed by atoms with Gasteiger partial charge in [0.05, 0.1) is 34.3 Å². The molecule has 7 nitrogen and oxygen atoms in total. The fourth-order valence-corrected chi connectivity index (χ4v) is 7.93. The molecule has 2 heterocycles. The quantitative estimate of drug-likeness (QED) is 0.297. The van der Waals surface area contributed by atoms with Crippen LogP contribution < -0.4 is 5.32 Å². The maximum absolute atomic E-state index is 13.2. The van der Waals surface area contributed by atoms with E-state index >= 15 is 0 Å². The number of carbonyl (C=O) groups is 3. The number of nitrogens with one attached hydrogen (secondary N) is 1. The van der Waals surface area contributed by atoms with E-state index in [9.17, 15) is 19.6 Å². The van der Waals surface area contributed by atoms with Crippen molar-refractivity contribution in [3.05, 3.63) is 57.0 Å². The average molecular weight is 541 g/mol. The molecule has 1 aliphatic carbocycles. The van der Waals surface area contributed by atoms with Crippen molar-refractivity contribution in [1.29, 1.82) is 5.26 Å². The highest BCUT2D eigenvalue weighted by atomic mass is 32.2. The van der Waals surface area contributed by atoms with E-state index in [1.54, 1.807) is 20.8 Å². The Labute approximate surface area is 221 Å². The number of thioether (sulfide) groups is 1. The zero-order valence-electron chi connectivity index (χ0n) is 20.2. The number of nitrogens with zero attached hydrogens (tertiary/aromatic N) is 1. The van der Waals surface area contributed by atoms with E-state index in [1.165, 1.54) is 35.8 Å². The van der Waals surface area contributed by atoms with Gasteiger partial charge in [0, 0.05) is 4.88 Å². The van der Waals surface area contributed by atoms with Crippen LogP contribution in [0.4, 0.5) is 5.00 Å². The van der Waals surface area contributed by atoms with Gasteiger partial charge < -0.3 is 14.8 Å². The monoisotopic (exact) mass is 540 g/mol. The summed E-state index contributed by atoms with van der Waals surface area (Å²) < 4.78 is 10.7. The molecule has 36 heavy (non-hydrogen) atoms. The topological polar surface area (TPSA) is 105 Å². The third kappa shape index (κ3) is 4.78. The predicted molar refractivity (Wildman–Crippen MR) is 142 cm³/mol. The molecule has 1 aromatic carbocycles. The lowest BCUT2D eigenvalue weighted by Crippen LogP contribution is -2.23. The molecule has 1 aliphatic rings. The van der Waals surface area contributed by atoms with Gasteiger partial charge in [0.2, 0.25) is 5.91 Å². The lowest BCUT2D eigenvalue weighted by Gasteiger charge is -2.16. The van der Waals surface area contributed by atoms with Gasteiger partial charge in [0.1, 0.15) is 15.9 Å². The maximum Gasteiger partial charge on any atom is 0.348 e. The van der Waals surface area contributed by atoms with Gasteiger partial charge in [-0.3, -0.25) is 4.79 Å². The van der Waals surface area contributed by atoms with Crippen LogP contribution in [0.3, 0.4) is 0 Å². The van der Waals surface area contributed by atoms with E-state index in [4.69, 9.17) is 9.47 Å². The van der Waals surface area contributed by atoms with Crippen LogP contribution in [-0.4, -0.2) is 36.8 Å². The SMILES string of the molecule is CCOC(=O)c1sc(SC(C)C(=O)Nc2sc3c(c2C(=O)OC)CCc2ccccc2-3)c(C#N)c1C. The van der Waals surface area contributed by atoms with Gasteiger partial charge in [-0.15, -0.1) is 34.4 Å². The van der Waals surface area contributed by atoms with Crippen molar-refractivity contribution in [3.8, 4) is 16.5 Å². The van der Waals surface area contributed by atoms with E-state index in [-0.39, 0.29) is 12.5 Å². The summed E-state index contributed by atoms with van der Waals surface area (Å²) in [5.41, 5.74) is 4.47. The zero-order valence-corrected chi connectivity index (χ0v) is 22.7. The summed E-state index contributed by atoms with van der Waals surface area (Å²) in [7, 11) is 1.33. The number of rotatable bonds is 7. The van der Waals surface area contributed by atoms with Crippen molar-refractivity contribution < 1.29 is 23.9 Å². The first-order valence-electron chi connectivity index (χ1n) is 11.3. The fourth-order valence-electron chi connectivity index (χ4n) is 4.07. The summed E-state index contributed by atoms with van der Waals surface area (Å²) in [5.74, 6) is -1.28. The van der Waals surface area contributed by atoms with Crippen molar-refractivity contribution in [2.24, 2.45) is 0 Å². The number of hydrogen-bond donors (Lipinski definition) is 1. The highest BCUT2D eigenvalue weighted by Gasteiger charge is 2.31. The van der Waals surface area contributed by atoms with Crippen LogP contribution in [0.2, 0.25) is 0 Å². The van der Waals surface area contributed by atoms with Gasteiger partial charge in [-0.2, -0.15) is 5.26 Å². The Hall–Kier alpha value is -3.13. The van der Waals surface area contributed by atoms with Crippen LogP contribution in [0.25, 0.3) is 10.4 Å². The minimum absolute atomic E-state index is 0.233. The Morgan fingerprint density at radius 1 is 1.19 bits per heavy atom. The van der Waals surface area contributed by atoms with Crippen molar-refractivity contribution in [1.82, 2.24) is 0 Å². The lowest BCUT2D eigenvalue weighted by atomic mass is 9.89. The molecule has 3 aromatic rings. The number of benzene rings is 1. The number of carbonyl (C=O) groups excluding carboxylic acids is 3. The van der Waals surface area contributed by atoms with E-state index in [1.807, 2.05) is 18.2 Å². The van der Waals surface area contributed by atoms with Gasteiger partial charge in [0.15, 0.2) is 0 Å². The highest BCUT2D eigenvalue weighted by Crippen LogP contribution is 2.46. The molecule has 0 saturated carbocycles. The molecule has 0 aliphatic heterocycles. The Morgan fingerprint density at radius 2 is 1.94 bits per heavy atom. The van der Waals surface area contributed by atoms with Crippen LogP contribution in [0.15, 0.2) is 28.5 Å². The molecule has 1 unspecified atom stereocenters. The van der Waals surface area contributed by atoms with Crippen LogP contribution >= 0.6 is 34.4 Å². The Kier molecular flexibility index (Phi) is 7.83. The van der Waals surface area contributed by atoms with E-state index in [2.05, 4.69) is 17.5 Å². The predicted octanol–water partition coefficient (Wildman–Crippen LogP) is 5.84. The Balaban J connectivity index is 1.61. The molecule has 4 rings (SSSR count). The van der Waals surface area contributed by atoms with Crippen molar-refractivity contribution >= 4 is 57.3 Å². The van der Waals surface area contributed by atoms with Gasteiger partial charge in [0.25, 0.3) is 0 Å². The number of aryl methyl sites for hydroxylation is 1. The van der Waals surface area contributed by atoms with Gasteiger partial charge in [-0.05, 0) is 55.9 Å². The number of amides is 1.